The molecule has 2 N–H and O–H groups in total. The van der Waals surface area contributed by atoms with Gasteiger partial charge in [-0.25, -0.2) is 14.8 Å². The fraction of sp³-hybridized carbons (Fsp3) is 0.432. The van der Waals surface area contributed by atoms with Crippen LogP contribution in [0.4, 0.5) is 11.5 Å². The highest BCUT2D eigenvalue weighted by Gasteiger charge is 2.33. The fourth-order valence-electron chi connectivity index (χ4n) is 8.08. The van der Waals surface area contributed by atoms with Gasteiger partial charge in [-0.2, -0.15) is 5.10 Å². The summed E-state index contributed by atoms with van der Waals surface area (Å²) in [6.07, 6.45) is 8.72. The molecule has 1 atom stereocenters. The van der Waals surface area contributed by atoms with Gasteiger partial charge in [-0.3, -0.25) is 38.4 Å². The SMILES string of the molecule is Cc1cccc(C(=O)Nc2cc3cn(C4CCC(CN5CCN(c6cccc7c6n(C)c(=O)n7C6CCC(=O)NC6=O)CC5)CC4)nc3cn2)n1. The molecule has 8 rings (SSSR count). The van der Waals surface area contributed by atoms with Gasteiger partial charge in [0.2, 0.25) is 11.8 Å². The van der Waals surface area contributed by atoms with Crippen molar-refractivity contribution in [2.75, 3.05) is 42.9 Å². The van der Waals surface area contributed by atoms with Gasteiger partial charge in [0, 0.05) is 63.5 Å². The van der Waals surface area contributed by atoms with E-state index in [2.05, 4.69) is 47.3 Å². The van der Waals surface area contributed by atoms with E-state index in [-0.39, 0.29) is 23.9 Å². The van der Waals surface area contributed by atoms with E-state index in [9.17, 15) is 19.2 Å². The van der Waals surface area contributed by atoms with Crippen molar-refractivity contribution in [3.05, 3.63) is 76.7 Å². The van der Waals surface area contributed by atoms with E-state index in [1.807, 2.05) is 37.3 Å². The molecule has 2 aliphatic heterocycles. The second kappa shape index (κ2) is 13.4. The van der Waals surface area contributed by atoms with Crippen LogP contribution in [0.15, 0.2) is 59.7 Å². The van der Waals surface area contributed by atoms with E-state index in [1.165, 1.54) is 0 Å². The van der Waals surface area contributed by atoms with Crippen molar-refractivity contribution in [3.63, 3.8) is 0 Å². The van der Waals surface area contributed by atoms with Crippen LogP contribution in [-0.4, -0.2) is 84.2 Å². The molecule has 3 aliphatic rings. The molecular formula is C37H42N10O4. The molecule has 3 fully saturated rings. The van der Waals surface area contributed by atoms with Gasteiger partial charge in [-0.1, -0.05) is 12.1 Å². The minimum absolute atomic E-state index is 0.220. The van der Waals surface area contributed by atoms with Crippen molar-refractivity contribution in [2.45, 2.75) is 57.5 Å². The molecule has 2 saturated heterocycles. The highest BCUT2D eigenvalue weighted by molar-refractivity contribution is 6.03. The lowest BCUT2D eigenvalue weighted by atomic mass is 9.85. The van der Waals surface area contributed by atoms with E-state index in [0.717, 1.165) is 91.7 Å². The molecule has 51 heavy (non-hydrogen) atoms. The average molecular weight is 691 g/mol. The van der Waals surface area contributed by atoms with Crippen LogP contribution >= 0.6 is 0 Å². The lowest BCUT2D eigenvalue weighted by Crippen LogP contribution is -2.48. The maximum absolute atomic E-state index is 13.4. The van der Waals surface area contributed by atoms with Gasteiger partial charge in [0.1, 0.15) is 23.1 Å². The Balaban J connectivity index is 0.863. The van der Waals surface area contributed by atoms with Crippen molar-refractivity contribution < 1.29 is 14.4 Å². The van der Waals surface area contributed by atoms with Crippen LogP contribution in [0, 0.1) is 12.8 Å². The number of para-hydroxylation sites is 1. The first kappa shape index (κ1) is 32.8. The van der Waals surface area contributed by atoms with E-state index in [0.29, 0.717) is 29.9 Å². The predicted molar refractivity (Wildman–Crippen MR) is 193 cm³/mol. The normalized spacial score (nSPS) is 21.7. The van der Waals surface area contributed by atoms with E-state index in [4.69, 9.17) is 5.10 Å². The van der Waals surface area contributed by atoms with Crippen LogP contribution in [0.2, 0.25) is 0 Å². The number of aryl methyl sites for hydroxylation is 2. The van der Waals surface area contributed by atoms with Gasteiger partial charge in [-0.05, 0) is 75.3 Å². The molecule has 0 spiro atoms. The molecule has 4 aromatic heterocycles. The Labute approximate surface area is 294 Å². The quantitative estimate of drug-likeness (QED) is 0.244. The highest BCUT2D eigenvalue weighted by Crippen LogP contribution is 2.34. The van der Waals surface area contributed by atoms with Gasteiger partial charge < -0.3 is 10.2 Å². The number of carbonyl (C=O) groups is 3. The maximum Gasteiger partial charge on any atom is 0.329 e. The largest absolute Gasteiger partial charge is 0.367 e. The molecule has 1 unspecified atom stereocenters. The fourth-order valence-corrected chi connectivity index (χ4v) is 8.08. The minimum atomic E-state index is -0.694. The average Bonchev–Trinajstić information content (AvgIpc) is 3.67. The second-order valence-electron chi connectivity index (χ2n) is 14.1. The number of hydrogen-bond acceptors (Lipinski definition) is 9. The number of pyridine rings is 2. The minimum Gasteiger partial charge on any atom is -0.367 e. The maximum atomic E-state index is 13.4. The topological polar surface area (TPSA) is 152 Å². The van der Waals surface area contributed by atoms with Crippen LogP contribution in [-0.2, 0) is 16.6 Å². The van der Waals surface area contributed by atoms with Crippen LogP contribution in [0.25, 0.3) is 21.9 Å². The lowest BCUT2D eigenvalue weighted by Gasteiger charge is -2.39. The van der Waals surface area contributed by atoms with Crippen LogP contribution in [0.5, 0.6) is 0 Å². The summed E-state index contributed by atoms with van der Waals surface area (Å²) in [7, 11) is 1.76. The Morgan fingerprint density at radius 3 is 2.53 bits per heavy atom. The zero-order chi connectivity index (χ0) is 35.2. The summed E-state index contributed by atoms with van der Waals surface area (Å²) < 4.78 is 5.27. The molecule has 14 heteroatoms. The Kier molecular flexibility index (Phi) is 8.62. The third-order valence-electron chi connectivity index (χ3n) is 10.8. The van der Waals surface area contributed by atoms with E-state index < -0.39 is 11.9 Å². The Hall–Kier alpha value is -5.37. The number of imide groups is 1. The van der Waals surface area contributed by atoms with Crippen molar-refractivity contribution in [1.29, 1.82) is 0 Å². The Bertz CT molecular complexity index is 2200. The molecule has 1 aliphatic carbocycles. The van der Waals surface area contributed by atoms with Crippen molar-refractivity contribution >= 4 is 51.2 Å². The number of anilines is 2. The summed E-state index contributed by atoms with van der Waals surface area (Å²) in [4.78, 5) is 64.1. The molecule has 3 amide bonds. The number of nitrogens with one attached hydrogen (secondary N) is 2. The standard InChI is InChI=1S/C37H42N10O4/c1-23-5-3-6-27(39-23)35(49)40-32-19-25-22-46(42-28(25)20-38-32)26-11-9-24(10-12-26)21-44-15-17-45(18-16-44)29-7-4-8-30-34(29)43(2)37(51)47(30)31-13-14-33(48)41-36(31)50/h3-8,19-20,22,24,26,31H,9-18,21H2,1-2H3,(H,40,49)(H,41,48,50). The number of hydrogen-bond donors (Lipinski definition) is 2. The third-order valence-corrected chi connectivity index (χ3v) is 10.8. The Morgan fingerprint density at radius 1 is 0.980 bits per heavy atom. The molecule has 0 bridgehead atoms. The number of piperazine rings is 1. The zero-order valence-electron chi connectivity index (χ0n) is 28.9. The first-order valence-electron chi connectivity index (χ1n) is 17.8. The molecule has 0 radical (unpaired) electrons. The van der Waals surface area contributed by atoms with Crippen molar-refractivity contribution in [3.8, 4) is 0 Å². The van der Waals surface area contributed by atoms with Crippen LogP contribution in [0.3, 0.4) is 0 Å². The van der Waals surface area contributed by atoms with Gasteiger partial charge >= 0.3 is 5.69 Å². The number of aromatic nitrogens is 6. The number of piperidine rings is 1. The molecule has 14 nitrogen and oxygen atoms in total. The van der Waals surface area contributed by atoms with Gasteiger partial charge in [0.05, 0.1) is 29.0 Å². The van der Waals surface area contributed by atoms with Crippen molar-refractivity contribution in [1.82, 2.24) is 39.1 Å². The van der Waals surface area contributed by atoms with Gasteiger partial charge in [0.25, 0.3) is 5.91 Å². The van der Waals surface area contributed by atoms with Crippen LogP contribution < -0.4 is 21.2 Å². The highest BCUT2D eigenvalue weighted by atomic mass is 16.2. The third kappa shape index (κ3) is 6.39. The number of benzene rings is 1. The summed E-state index contributed by atoms with van der Waals surface area (Å²) in [6, 6.07) is 12.8. The molecule has 264 valence electrons. The number of imidazole rings is 1. The summed E-state index contributed by atoms with van der Waals surface area (Å²) in [5.74, 6) is 0.103. The van der Waals surface area contributed by atoms with Crippen molar-refractivity contribution in [2.24, 2.45) is 13.0 Å². The molecule has 1 saturated carbocycles. The number of carbonyl (C=O) groups excluding carboxylic acids is 3. The zero-order valence-corrected chi connectivity index (χ0v) is 28.9. The summed E-state index contributed by atoms with van der Waals surface area (Å²) in [5.41, 5.74) is 4.25. The molecule has 6 heterocycles. The molecule has 1 aromatic carbocycles. The van der Waals surface area contributed by atoms with Crippen LogP contribution in [0.1, 0.15) is 66.8 Å². The summed E-state index contributed by atoms with van der Waals surface area (Å²) >= 11 is 0. The summed E-state index contributed by atoms with van der Waals surface area (Å²) in [5, 5.41) is 11.0. The Morgan fingerprint density at radius 2 is 1.76 bits per heavy atom. The van der Waals surface area contributed by atoms with Gasteiger partial charge in [-0.15, -0.1) is 0 Å². The van der Waals surface area contributed by atoms with Gasteiger partial charge in [0.15, 0.2) is 0 Å². The number of amides is 3. The number of rotatable bonds is 7. The molecule has 5 aromatic rings. The van der Waals surface area contributed by atoms with E-state index in [1.54, 1.807) is 28.4 Å². The smallest absolute Gasteiger partial charge is 0.329 e. The summed E-state index contributed by atoms with van der Waals surface area (Å²) in [6.45, 7) is 6.50. The molecular weight excluding hydrogens is 648 g/mol. The second-order valence-corrected chi connectivity index (χ2v) is 14.1. The number of nitrogens with zero attached hydrogens (tertiary/aromatic N) is 8. The lowest BCUT2D eigenvalue weighted by molar-refractivity contribution is -0.135. The van der Waals surface area contributed by atoms with E-state index >= 15 is 0 Å². The monoisotopic (exact) mass is 690 g/mol. The number of fused-ring (bicyclic) bond motifs is 2. The predicted octanol–water partition coefficient (Wildman–Crippen LogP) is 3.57. The first-order valence-corrected chi connectivity index (χ1v) is 17.8. The first-order chi connectivity index (χ1) is 24.7.